The maximum absolute atomic E-state index is 6.03. The molecule has 0 bridgehead atoms. The van der Waals surface area contributed by atoms with Crippen molar-refractivity contribution in [1.82, 2.24) is 14.7 Å². The fourth-order valence-corrected chi connectivity index (χ4v) is 2.22. The minimum absolute atomic E-state index is 0.484. The van der Waals surface area contributed by atoms with Crippen molar-refractivity contribution in [3.05, 3.63) is 47.2 Å². The van der Waals surface area contributed by atoms with Crippen molar-refractivity contribution in [2.24, 2.45) is 5.73 Å². The van der Waals surface area contributed by atoms with E-state index in [1.54, 1.807) is 0 Å². The number of nitrogens with two attached hydrogens (primary N) is 1. The average Bonchev–Trinajstić information content (AvgIpc) is 2.98. The first-order chi connectivity index (χ1) is 8.78. The molecule has 0 atom stereocenters. The molecule has 0 aliphatic heterocycles. The highest BCUT2D eigenvalue weighted by atomic mass is 35.5. The number of aromatic nitrogens is 3. The van der Waals surface area contributed by atoms with Crippen LogP contribution in [-0.4, -0.2) is 14.7 Å². The van der Waals surface area contributed by atoms with Gasteiger partial charge in [-0.1, -0.05) is 22.8 Å². The van der Waals surface area contributed by atoms with Gasteiger partial charge in [0.2, 0.25) is 6.39 Å². The minimum Gasteiger partial charge on any atom is -0.343 e. The Morgan fingerprint density at radius 2 is 2.28 bits per heavy atom. The molecule has 6 heteroatoms. The molecular formula is C12H11ClN4O. The first kappa shape index (κ1) is 11.3. The van der Waals surface area contributed by atoms with Gasteiger partial charge in [0, 0.05) is 23.2 Å². The van der Waals surface area contributed by atoms with Crippen LogP contribution in [0, 0.1) is 0 Å². The van der Waals surface area contributed by atoms with E-state index in [-0.39, 0.29) is 0 Å². The smallest absolute Gasteiger partial charge is 0.213 e. The summed E-state index contributed by atoms with van der Waals surface area (Å²) in [5.74, 6) is 0.621. The second-order valence-electron chi connectivity index (χ2n) is 4.00. The normalized spacial score (nSPS) is 11.2. The summed E-state index contributed by atoms with van der Waals surface area (Å²) in [6.45, 7) is 1.02. The van der Waals surface area contributed by atoms with Crippen LogP contribution in [0.1, 0.15) is 11.4 Å². The first-order valence-corrected chi connectivity index (χ1v) is 5.88. The molecule has 0 aliphatic carbocycles. The van der Waals surface area contributed by atoms with Gasteiger partial charge in [0.15, 0.2) is 5.82 Å². The molecule has 92 valence electrons. The summed E-state index contributed by atoms with van der Waals surface area (Å²) in [5.41, 5.74) is 7.84. The zero-order valence-electron chi connectivity index (χ0n) is 9.51. The highest BCUT2D eigenvalue weighted by molar-refractivity contribution is 6.31. The molecule has 18 heavy (non-hydrogen) atoms. The van der Waals surface area contributed by atoms with Crippen LogP contribution in [0.3, 0.4) is 0 Å². The lowest BCUT2D eigenvalue weighted by molar-refractivity contribution is 0.408. The number of nitrogens with zero attached hydrogens (tertiary/aromatic N) is 3. The molecule has 0 saturated carbocycles. The van der Waals surface area contributed by atoms with Gasteiger partial charge >= 0.3 is 0 Å². The van der Waals surface area contributed by atoms with Crippen LogP contribution in [0.2, 0.25) is 5.02 Å². The Balaban J connectivity index is 2.13. The summed E-state index contributed by atoms with van der Waals surface area (Å²) in [5, 5.41) is 5.60. The van der Waals surface area contributed by atoms with Gasteiger partial charge < -0.3 is 14.8 Å². The van der Waals surface area contributed by atoms with Crippen LogP contribution in [-0.2, 0) is 13.1 Å². The van der Waals surface area contributed by atoms with Gasteiger partial charge in [-0.25, -0.2) is 0 Å². The molecule has 0 unspecified atom stereocenters. The first-order valence-electron chi connectivity index (χ1n) is 5.50. The van der Waals surface area contributed by atoms with E-state index < -0.39 is 0 Å². The highest BCUT2D eigenvalue weighted by Gasteiger charge is 2.09. The number of halogens is 1. The maximum Gasteiger partial charge on any atom is 0.213 e. The molecule has 0 radical (unpaired) electrons. The Bertz CT molecular complexity index is 675. The zero-order valence-corrected chi connectivity index (χ0v) is 10.3. The van der Waals surface area contributed by atoms with Crippen molar-refractivity contribution >= 4 is 22.5 Å². The van der Waals surface area contributed by atoms with E-state index in [1.807, 2.05) is 29.0 Å². The van der Waals surface area contributed by atoms with Crippen LogP contribution in [0.25, 0.3) is 10.9 Å². The molecule has 5 nitrogen and oxygen atoms in total. The molecular weight excluding hydrogens is 252 g/mol. The Hall–Kier alpha value is -1.85. The third kappa shape index (κ3) is 1.87. The number of hydrogen-bond acceptors (Lipinski definition) is 4. The van der Waals surface area contributed by atoms with Gasteiger partial charge in [-0.2, -0.15) is 4.98 Å². The van der Waals surface area contributed by atoms with Crippen molar-refractivity contribution in [2.75, 3.05) is 0 Å². The van der Waals surface area contributed by atoms with E-state index in [4.69, 9.17) is 21.9 Å². The number of rotatable bonds is 3. The van der Waals surface area contributed by atoms with Crippen LogP contribution in [0.4, 0.5) is 0 Å². The van der Waals surface area contributed by atoms with E-state index in [9.17, 15) is 0 Å². The summed E-state index contributed by atoms with van der Waals surface area (Å²) in [4.78, 5) is 4.01. The van der Waals surface area contributed by atoms with Crippen LogP contribution in [0.15, 0.2) is 35.3 Å². The summed E-state index contributed by atoms with van der Waals surface area (Å²) < 4.78 is 6.75. The van der Waals surface area contributed by atoms with Crippen molar-refractivity contribution < 1.29 is 4.52 Å². The second kappa shape index (κ2) is 4.44. The predicted octanol–water partition coefficient (Wildman–Crippen LogP) is 2.18. The summed E-state index contributed by atoms with van der Waals surface area (Å²) >= 11 is 6.03. The molecule has 3 aromatic rings. The molecule has 0 amide bonds. The van der Waals surface area contributed by atoms with E-state index >= 15 is 0 Å². The average molecular weight is 263 g/mol. The zero-order chi connectivity index (χ0) is 12.5. The van der Waals surface area contributed by atoms with Gasteiger partial charge in [-0.3, -0.25) is 0 Å². The van der Waals surface area contributed by atoms with Crippen molar-refractivity contribution in [3.63, 3.8) is 0 Å². The molecule has 2 heterocycles. The van der Waals surface area contributed by atoms with Gasteiger partial charge in [0.25, 0.3) is 0 Å². The number of fused-ring (bicyclic) bond motifs is 1. The molecule has 0 aliphatic rings. The Morgan fingerprint density at radius 1 is 1.39 bits per heavy atom. The van der Waals surface area contributed by atoms with Crippen LogP contribution in [0.5, 0.6) is 0 Å². The SMILES string of the molecule is NCc1cn(Cc2ncon2)c2cc(Cl)ccc12. The Labute approximate surface area is 108 Å². The molecule has 3 rings (SSSR count). The van der Waals surface area contributed by atoms with E-state index in [2.05, 4.69) is 10.1 Å². The molecule has 0 fully saturated rings. The topological polar surface area (TPSA) is 69.9 Å². The fourth-order valence-electron chi connectivity index (χ4n) is 2.05. The molecule has 1 aromatic carbocycles. The fraction of sp³-hybridized carbons (Fsp3) is 0.167. The van der Waals surface area contributed by atoms with Crippen LogP contribution >= 0.6 is 11.6 Å². The molecule has 0 saturated heterocycles. The maximum atomic E-state index is 6.03. The standard InChI is InChI=1S/C12H11ClN4O/c13-9-1-2-10-8(4-14)5-17(11(10)3-9)6-12-15-7-18-16-12/h1-3,5,7H,4,6,14H2. The predicted molar refractivity (Wildman–Crippen MR) is 68.2 cm³/mol. The second-order valence-corrected chi connectivity index (χ2v) is 4.43. The monoisotopic (exact) mass is 262 g/mol. The number of hydrogen-bond donors (Lipinski definition) is 1. The van der Waals surface area contributed by atoms with Gasteiger partial charge in [0.1, 0.15) is 0 Å². The summed E-state index contributed by atoms with van der Waals surface area (Å²) in [7, 11) is 0. The lowest BCUT2D eigenvalue weighted by Gasteiger charge is -2.01. The number of benzene rings is 1. The quantitative estimate of drug-likeness (QED) is 0.785. The highest BCUT2D eigenvalue weighted by Crippen LogP contribution is 2.25. The van der Waals surface area contributed by atoms with Gasteiger partial charge in [-0.05, 0) is 17.7 Å². The third-order valence-electron chi connectivity index (χ3n) is 2.87. The Morgan fingerprint density at radius 3 is 3.00 bits per heavy atom. The van der Waals surface area contributed by atoms with Crippen molar-refractivity contribution in [1.29, 1.82) is 0 Å². The molecule has 0 spiro atoms. The largest absolute Gasteiger partial charge is 0.343 e. The summed E-state index contributed by atoms with van der Waals surface area (Å²) in [6.07, 6.45) is 3.31. The lowest BCUT2D eigenvalue weighted by atomic mass is 10.2. The van der Waals surface area contributed by atoms with Gasteiger partial charge in [0.05, 0.1) is 12.1 Å². The van der Waals surface area contributed by atoms with E-state index in [0.717, 1.165) is 16.5 Å². The van der Waals surface area contributed by atoms with Crippen molar-refractivity contribution in [3.8, 4) is 0 Å². The minimum atomic E-state index is 0.484. The van der Waals surface area contributed by atoms with Crippen molar-refractivity contribution in [2.45, 2.75) is 13.1 Å². The summed E-state index contributed by atoms with van der Waals surface area (Å²) in [6, 6.07) is 5.75. The Kier molecular flexibility index (Phi) is 2.77. The third-order valence-corrected chi connectivity index (χ3v) is 3.10. The molecule has 2 N–H and O–H groups in total. The van der Waals surface area contributed by atoms with Crippen LogP contribution < -0.4 is 5.73 Å². The van der Waals surface area contributed by atoms with E-state index in [1.165, 1.54) is 6.39 Å². The lowest BCUT2D eigenvalue weighted by Crippen LogP contribution is -2.00. The van der Waals surface area contributed by atoms with E-state index in [0.29, 0.717) is 23.9 Å². The molecule has 2 aromatic heterocycles. The van der Waals surface area contributed by atoms with Gasteiger partial charge in [-0.15, -0.1) is 0 Å².